The molecule has 0 bridgehead atoms. The van der Waals surface area contributed by atoms with Gasteiger partial charge in [0.05, 0.1) is 11.4 Å². The molecule has 3 N–H and O–H groups in total. The fourth-order valence-electron chi connectivity index (χ4n) is 1.47. The lowest BCUT2D eigenvalue weighted by molar-refractivity contribution is 0.0987. The third-order valence-electron chi connectivity index (χ3n) is 2.29. The molecule has 0 unspecified atom stereocenters. The first-order valence-electron chi connectivity index (χ1n) is 5.24. The Morgan fingerprint density at radius 1 is 1.37 bits per heavy atom. The number of nitrogens with zero attached hydrogens (tertiary/aromatic N) is 1. The van der Waals surface area contributed by atoms with Gasteiger partial charge in [-0.2, -0.15) is 0 Å². The number of aryl methyl sites for hydroxylation is 1. The van der Waals surface area contributed by atoms with E-state index in [-0.39, 0.29) is 16.3 Å². The number of hydrogen-bond donors (Lipinski definition) is 2. The Labute approximate surface area is 109 Å². The molecule has 19 heavy (non-hydrogen) atoms. The number of nitrogens with one attached hydrogen (secondary N) is 1. The van der Waals surface area contributed by atoms with Crippen LogP contribution in [0, 0.1) is 6.92 Å². The molecule has 0 spiro atoms. The predicted molar refractivity (Wildman–Crippen MR) is 67.0 cm³/mol. The molecule has 0 aliphatic heterocycles. The first kappa shape index (κ1) is 13.2. The smallest absolute Gasteiger partial charge is 0.294 e. The highest BCUT2D eigenvalue weighted by atomic mass is 32.2. The number of carbonyl (C=O) groups is 1. The van der Waals surface area contributed by atoms with E-state index in [0.717, 1.165) is 0 Å². The van der Waals surface area contributed by atoms with Crippen LogP contribution in [0.25, 0.3) is 0 Å². The molecular formula is C11H11N3O4S. The minimum absolute atomic E-state index is 0.0123. The van der Waals surface area contributed by atoms with Crippen molar-refractivity contribution in [3.63, 3.8) is 0 Å². The number of para-hydroxylation sites is 1. The monoisotopic (exact) mass is 281 g/mol. The van der Waals surface area contributed by atoms with Crippen LogP contribution < -0.4 is 10.5 Å². The van der Waals surface area contributed by atoms with E-state index >= 15 is 0 Å². The summed E-state index contributed by atoms with van der Waals surface area (Å²) in [5.74, 6) is -0.613. The zero-order chi connectivity index (χ0) is 14.0. The van der Waals surface area contributed by atoms with Gasteiger partial charge in [-0.05, 0) is 19.1 Å². The van der Waals surface area contributed by atoms with E-state index in [1.807, 2.05) is 0 Å². The van der Waals surface area contributed by atoms with Crippen LogP contribution in [0.5, 0.6) is 0 Å². The number of anilines is 1. The number of aromatic nitrogens is 1. The molecule has 0 radical (unpaired) electrons. The number of primary sulfonamides is 1. The van der Waals surface area contributed by atoms with Crippen LogP contribution >= 0.6 is 0 Å². The van der Waals surface area contributed by atoms with Crippen molar-refractivity contribution < 1.29 is 17.7 Å². The Morgan fingerprint density at radius 2 is 2.05 bits per heavy atom. The Hall–Kier alpha value is -2.19. The molecule has 1 aromatic carbocycles. The van der Waals surface area contributed by atoms with E-state index in [1.165, 1.54) is 24.3 Å². The Kier molecular flexibility index (Phi) is 3.36. The highest BCUT2D eigenvalue weighted by molar-refractivity contribution is 7.89. The quantitative estimate of drug-likeness (QED) is 0.866. The number of hydrogen-bond acceptors (Lipinski definition) is 5. The van der Waals surface area contributed by atoms with Crippen LogP contribution in [0.4, 0.5) is 5.69 Å². The fourth-order valence-corrected chi connectivity index (χ4v) is 2.17. The second kappa shape index (κ2) is 4.82. The normalized spacial score (nSPS) is 11.3. The van der Waals surface area contributed by atoms with Crippen molar-refractivity contribution in [2.45, 2.75) is 11.8 Å². The predicted octanol–water partition coefficient (Wildman–Crippen LogP) is 0.883. The largest absolute Gasteiger partial charge is 0.351 e. The summed E-state index contributed by atoms with van der Waals surface area (Å²) < 4.78 is 27.5. The van der Waals surface area contributed by atoms with Crippen LogP contribution in [0.3, 0.4) is 0 Å². The van der Waals surface area contributed by atoms with Crippen molar-refractivity contribution >= 4 is 21.6 Å². The summed E-state index contributed by atoms with van der Waals surface area (Å²) in [4.78, 5) is 11.7. The molecule has 2 rings (SSSR count). The molecule has 0 saturated heterocycles. The second-order valence-electron chi connectivity index (χ2n) is 3.83. The van der Waals surface area contributed by atoms with Gasteiger partial charge in [-0.1, -0.05) is 17.3 Å². The van der Waals surface area contributed by atoms with Crippen molar-refractivity contribution in [3.05, 3.63) is 41.8 Å². The molecule has 0 aliphatic rings. The molecule has 0 atom stereocenters. The van der Waals surface area contributed by atoms with Gasteiger partial charge in [0, 0.05) is 6.07 Å². The van der Waals surface area contributed by atoms with Crippen LogP contribution in [0.1, 0.15) is 16.2 Å². The fraction of sp³-hybridized carbons (Fsp3) is 0.0909. The maximum absolute atomic E-state index is 11.8. The summed E-state index contributed by atoms with van der Waals surface area (Å²) in [7, 11) is -3.92. The summed E-state index contributed by atoms with van der Waals surface area (Å²) >= 11 is 0. The number of carbonyl (C=O) groups excluding carboxylic acids is 1. The van der Waals surface area contributed by atoms with Crippen LogP contribution in [-0.4, -0.2) is 19.5 Å². The maximum Gasteiger partial charge on any atom is 0.294 e. The van der Waals surface area contributed by atoms with E-state index in [0.29, 0.717) is 5.69 Å². The molecule has 1 heterocycles. The molecule has 0 saturated carbocycles. The van der Waals surface area contributed by atoms with Crippen LogP contribution in [0.15, 0.2) is 39.8 Å². The third-order valence-corrected chi connectivity index (χ3v) is 3.26. The zero-order valence-corrected chi connectivity index (χ0v) is 10.8. The topological polar surface area (TPSA) is 115 Å². The summed E-state index contributed by atoms with van der Waals surface area (Å²) in [6.45, 7) is 1.67. The van der Waals surface area contributed by atoms with Gasteiger partial charge >= 0.3 is 0 Å². The molecule has 7 nitrogen and oxygen atoms in total. The Bertz CT molecular complexity index is 721. The van der Waals surface area contributed by atoms with E-state index in [1.54, 1.807) is 13.0 Å². The number of sulfonamides is 1. The summed E-state index contributed by atoms with van der Waals surface area (Å²) in [6.07, 6.45) is 0. The number of nitrogens with two attached hydrogens (primary N) is 1. The lowest BCUT2D eigenvalue weighted by atomic mass is 10.3. The van der Waals surface area contributed by atoms with Gasteiger partial charge in [0.25, 0.3) is 5.91 Å². The molecule has 1 amide bonds. The van der Waals surface area contributed by atoms with E-state index < -0.39 is 15.9 Å². The van der Waals surface area contributed by atoms with E-state index in [4.69, 9.17) is 9.66 Å². The van der Waals surface area contributed by atoms with E-state index in [9.17, 15) is 13.2 Å². The molecule has 100 valence electrons. The molecule has 1 aromatic heterocycles. The van der Waals surface area contributed by atoms with Crippen LogP contribution in [-0.2, 0) is 10.0 Å². The van der Waals surface area contributed by atoms with E-state index in [2.05, 4.69) is 10.5 Å². The highest BCUT2D eigenvalue weighted by Gasteiger charge is 2.17. The first-order valence-corrected chi connectivity index (χ1v) is 6.79. The highest BCUT2D eigenvalue weighted by Crippen LogP contribution is 2.20. The van der Waals surface area contributed by atoms with Gasteiger partial charge in [-0.25, -0.2) is 13.6 Å². The van der Waals surface area contributed by atoms with Gasteiger partial charge in [0.15, 0.2) is 0 Å². The molecule has 8 heteroatoms. The third kappa shape index (κ3) is 2.98. The Morgan fingerprint density at radius 3 is 2.63 bits per heavy atom. The number of benzene rings is 1. The summed E-state index contributed by atoms with van der Waals surface area (Å²) in [5, 5.41) is 11.0. The minimum Gasteiger partial charge on any atom is -0.351 e. The lowest BCUT2D eigenvalue weighted by Gasteiger charge is -2.07. The average molecular weight is 281 g/mol. The van der Waals surface area contributed by atoms with Gasteiger partial charge in [-0.15, -0.1) is 0 Å². The second-order valence-corrected chi connectivity index (χ2v) is 5.36. The van der Waals surface area contributed by atoms with Gasteiger partial charge in [0.1, 0.15) is 4.90 Å². The van der Waals surface area contributed by atoms with Crippen molar-refractivity contribution in [2.75, 3.05) is 5.32 Å². The molecule has 0 fully saturated rings. The van der Waals surface area contributed by atoms with Crippen molar-refractivity contribution in [1.29, 1.82) is 0 Å². The molecule has 0 aliphatic carbocycles. The standard InChI is InChI=1S/C11H11N3O4S/c1-7-6-9(18-14-7)11(15)13-8-4-2-3-5-10(8)19(12,16)17/h2-6H,1H3,(H,13,15)(H2,12,16,17). The van der Waals surface area contributed by atoms with Crippen LogP contribution in [0.2, 0.25) is 0 Å². The Balaban J connectivity index is 2.32. The SMILES string of the molecule is Cc1cc(C(=O)Nc2ccccc2S(N)(=O)=O)on1. The molecular weight excluding hydrogens is 270 g/mol. The summed E-state index contributed by atoms with van der Waals surface area (Å²) in [5.41, 5.74) is 0.633. The van der Waals surface area contributed by atoms with Crippen molar-refractivity contribution in [3.8, 4) is 0 Å². The van der Waals surface area contributed by atoms with Crippen molar-refractivity contribution in [2.24, 2.45) is 5.14 Å². The van der Waals surface area contributed by atoms with Gasteiger partial charge in [-0.3, -0.25) is 4.79 Å². The van der Waals surface area contributed by atoms with Crippen molar-refractivity contribution in [1.82, 2.24) is 5.16 Å². The number of rotatable bonds is 3. The summed E-state index contributed by atoms with van der Waals surface area (Å²) in [6, 6.07) is 7.26. The zero-order valence-electron chi connectivity index (χ0n) is 9.95. The maximum atomic E-state index is 11.8. The average Bonchev–Trinajstić information content (AvgIpc) is 2.75. The number of amides is 1. The molecule has 2 aromatic rings. The van der Waals surface area contributed by atoms with Gasteiger partial charge < -0.3 is 9.84 Å². The van der Waals surface area contributed by atoms with Gasteiger partial charge in [0.2, 0.25) is 15.8 Å². The minimum atomic E-state index is -3.92. The lowest BCUT2D eigenvalue weighted by Crippen LogP contribution is -2.18. The first-order chi connectivity index (χ1) is 8.88.